The zero-order chi connectivity index (χ0) is 11.3. The van der Waals surface area contributed by atoms with Gasteiger partial charge in [0.15, 0.2) is 5.91 Å². The smallest absolute Gasteiger partial charge is 0.368 e. The van der Waals surface area contributed by atoms with Gasteiger partial charge < -0.3 is 18.7 Å². The van der Waals surface area contributed by atoms with Crippen molar-refractivity contribution in [2.45, 2.75) is 25.9 Å². The van der Waals surface area contributed by atoms with Gasteiger partial charge in [0.25, 0.3) is 0 Å². The first-order valence-corrected chi connectivity index (χ1v) is 5.11. The quantitative estimate of drug-likeness (QED) is 0.728. The van der Waals surface area contributed by atoms with E-state index < -0.39 is 0 Å². The Balaban J connectivity index is 0.00000225. The number of amides is 1. The first kappa shape index (κ1) is 15.4. The van der Waals surface area contributed by atoms with E-state index >= 15 is 0 Å². The third-order valence-corrected chi connectivity index (χ3v) is 2.26. The molecule has 0 aliphatic rings. The Morgan fingerprint density at radius 2 is 1.94 bits per heavy atom. The van der Waals surface area contributed by atoms with Crippen LogP contribution in [0.4, 0.5) is 0 Å². The van der Waals surface area contributed by atoms with Gasteiger partial charge in [-0.15, -0.1) is 6.42 Å². The van der Waals surface area contributed by atoms with Gasteiger partial charge in [0.1, 0.15) is 0 Å². The van der Waals surface area contributed by atoms with E-state index in [1.165, 1.54) is 0 Å². The van der Waals surface area contributed by atoms with Crippen LogP contribution in [-0.4, -0.2) is 16.8 Å². The number of hydrogen-bond donors (Lipinski definition) is 0. The second-order valence-corrected chi connectivity index (χ2v) is 3.61. The minimum Gasteiger partial charge on any atom is -0.368 e. The number of hydrogen-bond acceptors (Lipinski definition) is 1. The predicted octanol–water partition coefficient (Wildman–Crippen LogP) is 2.46. The van der Waals surface area contributed by atoms with Gasteiger partial charge in [-0.3, -0.25) is 4.79 Å². The fourth-order valence-electron chi connectivity index (χ4n) is 1.41. The molecule has 2 nitrogen and oxygen atoms in total. The van der Waals surface area contributed by atoms with Gasteiger partial charge in [-0.1, -0.05) is 43.3 Å². The molecule has 16 heavy (non-hydrogen) atoms. The molecule has 0 saturated carbocycles. The van der Waals surface area contributed by atoms with Crippen molar-refractivity contribution in [2.75, 3.05) is 0 Å². The molecule has 1 unspecified atom stereocenters. The number of carbonyl (C=O) groups excluding carboxylic acids is 1. The molecule has 0 radical (unpaired) electrons. The van der Waals surface area contributed by atoms with Crippen molar-refractivity contribution in [3.63, 3.8) is 0 Å². The van der Waals surface area contributed by atoms with Crippen molar-refractivity contribution in [1.82, 2.24) is 4.90 Å². The van der Waals surface area contributed by atoms with E-state index in [1.54, 1.807) is 4.90 Å². The normalized spacial score (nSPS) is 11.4. The summed E-state index contributed by atoms with van der Waals surface area (Å²) in [6, 6.07) is 9.88. The van der Waals surface area contributed by atoms with Crippen LogP contribution in [0, 0.1) is 13.8 Å². The standard InChI is InChI=1S/C13H17NO.W/c1-4-13(15)14(11(2)3)10-12-8-6-5-7-9-12;/h5-9,11H,1-2,4,10H2,3H3;/q-2;+2. The monoisotopic (exact) mass is 387 g/mol. The summed E-state index contributed by atoms with van der Waals surface area (Å²) in [4.78, 5) is 13.3. The Bertz CT molecular complexity index is 311. The number of nitrogens with zero attached hydrogens (tertiary/aromatic N) is 1. The van der Waals surface area contributed by atoms with Crippen molar-refractivity contribution in [3.8, 4) is 0 Å². The zero-order valence-corrected chi connectivity index (χ0v) is 12.5. The number of rotatable bonds is 4. The Morgan fingerprint density at radius 3 is 2.38 bits per heavy atom. The first-order valence-electron chi connectivity index (χ1n) is 5.11. The fraction of sp³-hybridized carbons (Fsp3) is 0.308. The fourth-order valence-corrected chi connectivity index (χ4v) is 1.41. The second-order valence-electron chi connectivity index (χ2n) is 3.61. The van der Waals surface area contributed by atoms with Crippen LogP contribution < -0.4 is 0 Å². The molecule has 0 saturated heterocycles. The summed E-state index contributed by atoms with van der Waals surface area (Å²) in [5, 5.41) is 0. The van der Waals surface area contributed by atoms with Gasteiger partial charge in [0, 0.05) is 6.54 Å². The van der Waals surface area contributed by atoms with Crippen LogP contribution in [0.1, 0.15) is 18.9 Å². The van der Waals surface area contributed by atoms with E-state index in [2.05, 4.69) is 13.8 Å². The third-order valence-electron chi connectivity index (χ3n) is 2.26. The molecule has 86 valence electrons. The molecule has 0 aromatic heterocycles. The van der Waals surface area contributed by atoms with E-state index in [1.807, 2.05) is 37.3 Å². The molecule has 0 fully saturated rings. The third kappa shape index (κ3) is 4.49. The molecule has 0 N–H and O–H groups in total. The molecule has 0 aliphatic carbocycles. The van der Waals surface area contributed by atoms with Crippen molar-refractivity contribution >= 4 is 5.91 Å². The maximum Gasteiger partial charge on any atom is 2.00 e. The van der Waals surface area contributed by atoms with Crippen molar-refractivity contribution in [1.29, 1.82) is 0 Å². The minimum atomic E-state index is -0.0283. The Morgan fingerprint density at radius 1 is 1.38 bits per heavy atom. The molecule has 0 bridgehead atoms. The Labute approximate surface area is 112 Å². The van der Waals surface area contributed by atoms with Crippen LogP contribution >= 0.6 is 0 Å². The molecule has 1 aromatic carbocycles. The van der Waals surface area contributed by atoms with Crippen LogP contribution in [0.15, 0.2) is 30.3 Å². The predicted molar refractivity (Wildman–Crippen MR) is 61.8 cm³/mol. The Hall–Kier alpha value is -0.622. The molecular formula is C13H17NOW. The molecule has 0 heterocycles. The summed E-state index contributed by atoms with van der Waals surface area (Å²) in [6.07, 6.45) is 0.284. The molecule has 3 heteroatoms. The summed E-state index contributed by atoms with van der Waals surface area (Å²) in [6.45, 7) is 10.0. The van der Waals surface area contributed by atoms with E-state index in [4.69, 9.17) is 0 Å². The van der Waals surface area contributed by atoms with Gasteiger partial charge in [-0.05, 0) is 5.56 Å². The Kier molecular flexibility index (Phi) is 7.32. The molecule has 0 spiro atoms. The largest absolute Gasteiger partial charge is 2.00 e. The SMILES string of the molecule is [CH2-]CC(=O)N(Cc1ccccc1)C([CH2-])C.[W+2]. The number of carbonyl (C=O) groups is 1. The van der Waals surface area contributed by atoms with Crippen LogP contribution in [0.5, 0.6) is 0 Å². The average Bonchev–Trinajstić information content (AvgIpc) is 2.26. The maximum atomic E-state index is 11.6. The van der Waals surface area contributed by atoms with Gasteiger partial charge in [-0.25, -0.2) is 0 Å². The van der Waals surface area contributed by atoms with Crippen LogP contribution in [0.25, 0.3) is 0 Å². The van der Waals surface area contributed by atoms with Crippen molar-refractivity contribution < 1.29 is 25.9 Å². The number of benzene rings is 1. The van der Waals surface area contributed by atoms with E-state index in [-0.39, 0.29) is 39.4 Å². The van der Waals surface area contributed by atoms with Crippen molar-refractivity contribution in [3.05, 3.63) is 49.7 Å². The molecule has 1 rings (SSSR count). The van der Waals surface area contributed by atoms with E-state index in [9.17, 15) is 4.79 Å². The average molecular weight is 387 g/mol. The summed E-state index contributed by atoms with van der Waals surface area (Å²) >= 11 is 0. The van der Waals surface area contributed by atoms with E-state index in [0.29, 0.717) is 6.54 Å². The summed E-state index contributed by atoms with van der Waals surface area (Å²) in [5.74, 6) is 0.0429. The summed E-state index contributed by atoms with van der Waals surface area (Å²) < 4.78 is 0. The topological polar surface area (TPSA) is 20.3 Å². The van der Waals surface area contributed by atoms with Crippen LogP contribution in [-0.2, 0) is 32.4 Å². The molecule has 1 atom stereocenters. The zero-order valence-electron chi connectivity index (χ0n) is 9.56. The van der Waals surface area contributed by atoms with Crippen LogP contribution in [0.2, 0.25) is 0 Å². The second kappa shape index (κ2) is 7.62. The summed E-state index contributed by atoms with van der Waals surface area (Å²) in [5.41, 5.74) is 1.12. The summed E-state index contributed by atoms with van der Waals surface area (Å²) in [7, 11) is 0. The molecular weight excluding hydrogens is 370 g/mol. The van der Waals surface area contributed by atoms with Gasteiger partial charge in [0.05, 0.1) is 0 Å². The van der Waals surface area contributed by atoms with Crippen LogP contribution in [0.3, 0.4) is 0 Å². The molecule has 0 aliphatic heterocycles. The van der Waals surface area contributed by atoms with Gasteiger partial charge >= 0.3 is 21.1 Å². The van der Waals surface area contributed by atoms with Crippen molar-refractivity contribution in [2.24, 2.45) is 0 Å². The molecule has 1 aromatic rings. The van der Waals surface area contributed by atoms with Gasteiger partial charge in [0.2, 0.25) is 0 Å². The maximum absolute atomic E-state index is 11.6. The van der Waals surface area contributed by atoms with E-state index in [0.717, 1.165) is 5.56 Å². The first-order chi connectivity index (χ1) is 7.15. The molecule has 1 amide bonds. The van der Waals surface area contributed by atoms with Gasteiger partial charge in [-0.2, -0.15) is 0 Å². The minimum absolute atomic E-state index is 0.